The van der Waals surface area contributed by atoms with Crippen molar-refractivity contribution >= 4 is 40.9 Å². The van der Waals surface area contributed by atoms with Crippen LogP contribution in [0.3, 0.4) is 0 Å². The van der Waals surface area contributed by atoms with E-state index in [2.05, 4.69) is 20.8 Å². The second-order valence-electron chi connectivity index (χ2n) is 15.4. The van der Waals surface area contributed by atoms with E-state index in [0.29, 0.717) is 18.3 Å². The number of fused-ring (bicyclic) bond motifs is 5. The fourth-order valence-electron chi connectivity index (χ4n) is 11.1. The number of ketones is 2. The monoisotopic (exact) mass is 632 g/mol. The summed E-state index contributed by atoms with van der Waals surface area (Å²) in [5.41, 5.74) is 0.244. The van der Waals surface area contributed by atoms with Gasteiger partial charge in [-0.25, -0.2) is 4.79 Å². The maximum atomic E-state index is 13.9. The lowest BCUT2D eigenvalue weighted by Gasteiger charge is -2.63. The van der Waals surface area contributed by atoms with Gasteiger partial charge >= 0.3 is 6.16 Å². The highest BCUT2D eigenvalue weighted by molar-refractivity contribution is 6.34. The van der Waals surface area contributed by atoms with Gasteiger partial charge in [-0.1, -0.05) is 70.9 Å². The number of hydrogen-bond acceptors (Lipinski definition) is 5. The number of alkyl halides is 2. The predicted molar refractivity (Wildman–Crippen MR) is 169 cm³/mol. The van der Waals surface area contributed by atoms with Crippen molar-refractivity contribution in [3.63, 3.8) is 0 Å². The van der Waals surface area contributed by atoms with Gasteiger partial charge < -0.3 is 9.47 Å². The molecule has 0 saturated heterocycles. The number of Topliss-reactive ketones (excluding diaryl/α,β-unsaturated/α-hetero) is 1. The first-order valence-corrected chi connectivity index (χ1v) is 17.9. The summed E-state index contributed by atoms with van der Waals surface area (Å²) in [6, 6.07) is 0. The maximum absolute atomic E-state index is 13.9. The van der Waals surface area contributed by atoms with Gasteiger partial charge in [-0.15, -0.1) is 23.2 Å². The van der Waals surface area contributed by atoms with Crippen LogP contribution in [0.15, 0.2) is 23.8 Å². The minimum atomic E-state index is -0.731. The lowest BCUT2D eigenvalue weighted by molar-refractivity contribution is -0.134. The van der Waals surface area contributed by atoms with Gasteiger partial charge in [0.15, 0.2) is 18.2 Å². The van der Waals surface area contributed by atoms with E-state index < -0.39 is 16.4 Å². The molecule has 7 heteroatoms. The Labute approximate surface area is 267 Å². The topological polar surface area (TPSA) is 69.7 Å². The molecule has 5 saturated carbocycles. The molecule has 0 heterocycles. The summed E-state index contributed by atoms with van der Waals surface area (Å²) >= 11 is 15.0. The van der Waals surface area contributed by atoms with Crippen molar-refractivity contribution in [2.45, 2.75) is 127 Å². The van der Waals surface area contributed by atoms with Gasteiger partial charge in [-0.3, -0.25) is 9.59 Å². The molecule has 6 aliphatic rings. The Morgan fingerprint density at radius 3 is 2.23 bits per heavy atom. The molecule has 0 aromatic carbocycles. The van der Waals surface area contributed by atoms with Crippen LogP contribution in [0.1, 0.15) is 111 Å². The number of carbonyl (C=O) groups excluding carboxylic acids is 3. The van der Waals surface area contributed by atoms with Crippen molar-refractivity contribution in [3.8, 4) is 0 Å². The lowest BCUT2D eigenvalue weighted by Crippen LogP contribution is -2.64. The first kappa shape index (κ1) is 31.6. The van der Waals surface area contributed by atoms with E-state index in [0.717, 1.165) is 50.5 Å². The van der Waals surface area contributed by atoms with Crippen LogP contribution in [0.25, 0.3) is 0 Å². The van der Waals surface area contributed by atoms with Crippen LogP contribution in [0.5, 0.6) is 0 Å². The van der Waals surface area contributed by atoms with Crippen molar-refractivity contribution in [2.24, 2.45) is 46.3 Å². The van der Waals surface area contributed by atoms with Crippen molar-refractivity contribution < 1.29 is 23.9 Å². The molecule has 0 aliphatic heterocycles. The van der Waals surface area contributed by atoms with E-state index in [1.807, 2.05) is 6.08 Å². The zero-order chi connectivity index (χ0) is 30.6. The average molecular weight is 634 g/mol. The zero-order valence-corrected chi connectivity index (χ0v) is 27.8. The predicted octanol–water partition coefficient (Wildman–Crippen LogP) is 8.99. The molecule has 5 fully saturated rings. The summed E-state index contributed by atoms with van der Waals surface area (Å²) in [7, 11) is 0. The summed E-state index contributed by atoms with van der Waals surface area (Å²) in [5, 5.41) is -0.370. The summed E-state index contributed by atoms with van der Waals surface area (Å²) in [6.45, 7) is 6.25. The van der Waals surface area contributed by atoms with Crippen LogP contribution in [-0.4, -0.2) is 40.7 Å². The van der Waals surface area contributed by atoms with E-state index in [-0.39, 0.29) is 58.7 Å². The number of hydrogen-bond donors (Lipinski definition) is 0. The van der Waals surface area contributed by atoms with Crippen LogP contribution in [0.2, 0.25) is 0 Å². The van der Waals surface area contributed by atoms with Gasteiger partial charge in [0.2, 0.25) is 0 Å². The second-order valence-corrected chi connectivity index (χ2v) is 16.5. The van der Waals surface area contributed by atoms with Crippen molar-refractivity contribution in [1.82, 2.24) is 0 Å². The third kappa shape index (κ3) is 5.34. The number of halogens is 2. The van der Waals surface area contributed by atoms with E-state index in [4.69, 9.17) is 32.7 Å². The zero-order valence-electron chi connectivity index (χ0n) is 26.3. The number of ether oxygens (including phenoxy) is 2. The van der Waals surface area contributed by atoms with Crippen LogP contribution in [0, 0.1) is 46.3 Å². The highest BCUT2D eigenvalue weighted by atomic mass is 35.5. The molecule has 0 N–H and O–H groups in total. The average Bonchev–Trinajstić information content (AvgIpc) is 3.26. The molecule has 43 heavy (non-hydrogen) atoms. The maximum Gasteiger partial charge on any atom is 0.509 e. The van der Waals surface area contributed by atoms with Gasteiger partial charge in [0.25, 0.3) is 0 Å². The summed E-state index contributed by atoms with van der Waals surface area (Å²) in [4.78, 5) is 38.5. The largest absolute Gasteiger partial charge is 0.509 e. The number of allylic oxidation sites excluding steroid dienone is 4. The minimum Gasteiger partial charge on any atom is -0.430 e. The highest BCUT2D eigenvalue weighted by Crippen LogP contribution is 2.71. The first-order chi connectivity index (χ1) is 20.5. The smallest absolute Gasteiger partial charge is 0.430 e. The minimum absolute atomic E-state index is 0.0143. The molecule has 238 valence electrons. The summed E-state index contributed by atoms with van der Waals surface area (Å²) < 4.78 is 11.7. The Kier molecular flexibility index (Phi) is 8.92. The standard InChI is InChI=1S/C36H50Cl2O5/c1-22-18-28-27-15-14-25-19-26(39)16-17-35(25,3)36(27,38)30(37)20-34(28,2)31(22)29(40)21-42-33(41)43-32(23-10-6-4-7-11-23)24-12-8-5-9-13-24/h16-17,19,22-24,27-28,30-32H,4-15,18,20-21H2,1-3H3/t22?,27-,28-,30-,31+,34-,35-,36-/m0/s1. The van der Waals surface area contributed by atoms with Gasteiger partial charge in [-0.2, -0.15) is 0 Å². The Morgan fingerprint density at radius 2 is 1.60 bits per heavy atom. The highest BCUT2D eigenvalue weighted by Gasteiger charge is 2.70. The quantitative estimate of drug-likeness (QED) is 0.216. The normalized spacial score (nSPS) is 41.7. The van der Waals surface area contributed by atoms with Crippen molar-refractivity contribution in [1.29, 1.82) is 0 Å². The third-order valence-electron chi connectivity index (χ3n) is 13.1. The molecular formula is C36H50Cl2O5. The Bertz CT molecular complexity index is 1150. The fourth-order valence-corrected chi connectivity index (χ4v) is 12.3. The van der Waals surface area contributed by atoms with Gasteiger partial charge in [0.1, 0.15) is 6.10 Å². The van der Waals surface area contributed by atoms with Gasteiger partial charge in [0.05, 0.1) is 10.3 Å². The molecule has 0 spiro atoms. The third-order valence-corrected chi connectivity index (χ3v) is 14.6. The fraction of sp³-hybridized carbons (Fsp3) is 0.806. The molecule has 0 aromatic heterocycles. The molecule has 8 atom stereocenters. The van der Waals surface area contributed by atoms with E-state index >= 15 is 0 Å². The SMILES string of the molecule is CC1C[C@H]2[C@@H]3CCC4=CC(=O)C=C[C@]4(C)[C@@]3(Cl)[C@@H](Cl)C[C@]2(C)[C@H]1C(=O)COC(=O)OC(C1CCCCC1)C1CCCCC1. The molecule has 6 rings (SSSR count). The van der Waals surface area contributed by atoms with Crippen LogP contribution < -0.4 is 0 Å². The number of carbonyl (C=O) groups is 3. The van der Waals surface area contributed by atoms with Crippen LogP contribution in [0.4, 0.5) is 4.79 Å². The second kappa shape index (κ2) is 12.1. The van der Waals surface area contributed by atoms with Crippen LogP contribution in [-0.2, 0) is 19.1 Å². The molecule has 1 unspecified atom stereocenters. The van der Waals surface area contributed by atoms with Crippen molar-refractivity contribution in [2.75, 3.05) is 6.61 Å². The van der Waals surface area contributed by atoms with Gasteiger partial charge in [-0.05, 0) is 98.5 Å². The van der Waals surface area contributed by atoms with E-state index in [1.54, 1.807) is 12.2 Å². The Morgan fingerprint density at radius 1 is 0.977 bits per heavy atom. The molecule has 0 bridgehead atoms. The first-order valence-electron chi connectivity index (χ1n) is 17.1. The molecular weight excluding hydrogens is 583 g/mol. The Balaban J connectivity index is 1.14. The lowest BCUT2D eigenvalue weighted by atomic mass is 9.47. The molecule has 5 nitrogen and oxygen atoms in total. The molecule has 0 aromatic rings. The molecule has 0 amide bonds. The van der Waals surface area contributed by atoms with E-state index in [9.17, 15) is 14.4 Å². The summed E-state index contributed by atoms with van der Waals surface area (Å²) in [5.74, 6) is 1.01. The molecule has 0 radical (unpaired) electrons. The number of rotatable bonds is 6. The Hall–Kier alpha value is -1.33. The summed E-state index contributed by atoms with van der Waals surface area (Å²) in [6.07, 6.45) is 19.5. The molecule has 6 aliphatic carbocycles. The van der Waals surface area contributed by atoms with Crippen LogP contribution >= 0.6 is 23.2 Å². The van der Waals surface area contributed by atoms with E-state index in [1.165, 1.54) is 38.5 Å². The van der Waals surface area contributed by atoms with Gasteiger partial charge in [0, 0.05) is 11.3 Å². The van der Waals surface area contributed by atoms with Crippen molar-refractivity contribution in [3.05, 3.63) is 23.8 Å².